The van der Waals surface area contributed by atoms with Crippen LogP contribution in [-0.4, -0.2) is 18.7 Å². The molecule has 0 saturated heterocycles. The molecule has 5 nitrogen and oxygen atoms in total. The minimum Gasteiger partial charge on any atom is -0.357 e. The minimum atomic E-state index is -2.39. The van der Waals surface area contributed by atoms with Crippen LogP contribution in [0.15, 0.2) is 201 Å². The van der Waals surface area contributed by atoms with Crippen molar-refractivity contribution in [3.05, 3.63) is 224 Å². The van der Waals surface area contributed by atoms with Crippen LogP contribution in [0.4, 0.5) is 17.1 Å². The topological polar surface area (TPSA) is 30.9 Å². The van der Waals surface area contributed by atoms with Gasteiger partial charge in [0.25, 0.3) is 0 Å². The van der Waals surface area contributed by atoms with Gasteiger partial charge in [-0.15, -0.1) is 29.7 Å². The number of rotatable bonds is 10. The van der Waals surface area contributed by atoms with Gasteiger partial charge in [0.1, 0.15) is 5.82 Å². The number of pyridine rings is 1. The summed E-state index contributed by atoms with van der Waals surface area (Å²) < 4.78 is 30.8. The molecule has 0 bridgehead atoms. The van der Waals surface area contributed by atoms with E-state index in [1.165, 1.54) is 21.3 Å². The number of fused-ring (bicyclic) bond motifs is 4. The van der Waals surface area contributed by atoms with E-state index in [9.17, 15) is 0 Å². The molecule has 6 heteroatoms. The number of anilines is 3. The van der Waals surface area contributed by atoms with E-state index in [0.29, 0.717) is 23.0 Å². The molecule has 67 heavy (non-hydrogen) atoms. The predicted molar refractivity (Wildman–Crippen MR) is 276 cm³/mol. The first-order valence-electron chi connectivity index (χ1n) is 24.2. The molecular weight excluding hydrogens is 998 g/mol. The molecule has 3 heterocycles. The van der Waals surface area contributed by atoms with Gasteiger partial charge in [-0.25, -0.2) is 14.1 Å². The minimum absolute atomic E-state index is 0. The number of imidazole rings is 1. The van der Waals surface area contributed by atoms with Crippen LogP contribution in [0.1, 0.15) is 54.8 Å². The Labute approximate surface area is 411 Å². The average Bonchev–Trinajstić information content (AvgIpc) is 3.94. The van der Waals surface area contributed by atoms with Gasteiger partial charge in [0.2, 0.25) is 0 Å². The fourth-order valence-corrected chi connectivity index (χ4v) is 9.71. The first-order valence-corrected chi connectivity index (χ1v) is 22.7. The second-order valence-corrected chi connectivity index (χ2v) is 17.5. The average molecular weight is 1050 g/mol. The Morgan fingerprint density at radius 1 is 0.552 bits per heavy atom. The molecule has 0 aliphatic carbocycles. The van der Waals surface area contributed by atoms with E-state index in [1.54, 1.807) is 6.33 Å². The fourth-order valence-electron chi connectivity index (χ4n) is 9.71. The Bertz CT molecular complexity index is 3600. The maximum absolute atomic E-state index is 8.42. The van der Waals surface area contributed by atoms with Crippen molar-refractivity contribution in [2.75, 3.05) is 4.90 Å². The molecule has 0 saturated carbocycles. The first-order chi connectivity index (χ1) is 33.5. The van der Waals surface area contributed by atoms with Gasteiger partial charge in [-0.3, -0.25) is 0 Å². The van der Waals surface area contributed by atoms with Crippen molar-refractivity contribution >= 4 is 49.9 Å². The first kappa shape index (κ1) is 40.0. The second kappa shape index (κ2) is 18.2. The van der Waals surface area contributed by atoms with E-state index in [4.69, 9.17) is 9.10 Å². The monoisotopic (exact) mass is 1050 g/mol. The van der Waals surface area contributed by atoms with E-state index in [1.807, 2.05) is 59.3 Å². The van der Waals surface area contributed by atoms with Crippen molar-refractivity contribution in [2.45, 2.75) is 39.5 Å². The largest absolute Gasteiger partial charge is 0.357 e. The zero-order valence-electron chi connectivity index (χ0n) is 40.8. The zero-order chi connectivity index (χ0) is 47.4. The van der Waals surface area contributed by atoms with E-state index >= 15 is 0 Å². The molecule has 3 aromatic heterocycles. The van der Waals surface area contributed by atoms with Crippen LogP contribution in [0.5, 0.6) is 0 Å². The third kappa shape index (κ3) is 7.77. The van der Waals surface area contributed by atoms with Crippen molar-refractivity contribution in [1.82, 2.24) is 18.7 Å². The van der Waals surface area contributed by atoms with E-state index in [0.717, 1.165) is 78.0 Å². The van der Waals surface area contributed by atoms with Crippen LogP contribution in [0.2, 0.25) is 0 Å². The smallest absolute Gasteiger partial charge is 0.188 e. The standard InChI is InChI=1S/C61H50N5.Pt/c1-41(2)49-26-17-27-50(42(3)4)60(49)45-35-36-62-59(37-45)66-55-30-13-12-25-53(55)54-34-33-48(39-58(54)66)65(47-24-16-23-46(38-47)64-40-63(5)56-31-14-15-32-57(56)64)61-51(43-19-8-6-9-20-43)28-18-29-52(61)44-21-10-7-11-22-44;/h6-37,40-42H,1-5H3;/q-1;/i5D3;. The maximum atomic E-state index is 8.42. The van der Waals surface area contributed by atoms with Gasteiger partial charge < -0.3 is 9.47 Å². The van der Waals surface area contributed by atoms with Gasteiger partial charge in [-0.2, -0.15) is 12.1 Å². The Morgan fingerprint density at radius 2 is 1.15 bits per heavy atom. The Balaban J connectivity index is 0.00000567. The van der Waals surface area contributed by atoms with Crippen molar-refractivity contribution in [1.29, 1.82) is 0 Å². The molecule has 11 rings (SSSR count). The summed E-state index contributed by atoms with van der Waals surface area (Å²) in [7, 11) is 0. The van der Waals surface area contributed by atoms with Crippen LogP contribution in [0.3, 0.4) is 0 Å². The summed E-state index contributed by atoms with van der Waals surface area (Å²) in [6.07, 6.45) is 3.60. The molecule has 0 amide bonds. The summed E-state index contributed by atoms with van der Waals surface area (Å²) in [5, 5.41) is 2.15. The second-order valence-electron chi connectivity index (χ2n) is 17.5. The van der Waals surface area contributed by atoms with Gasteiger partial charge in [0.05, 0.1) is 5.69 Å². The Hall–Kier alpha value is -7.33. The number of aryl methyl sites for hydroxylation is 1. The molecule has 0 spiro atoms. The molecule has 0 fully saturated rings. The number of hydrogen-bond acceptors (Lipinski definition) is 2. The van der Waals surface area contributed by atoms with Gasteiger partial charge in [0.15, 0.2) is 17.4 Å². The molecule has 0 atom stereocenters. The van der Waals surface area contributed by atoms with Gasteiger partial charge >= 0.3 is 0 Å². The Kier molecular flexibility index (Phi) is 10.8. The number of benzene rings is 8. The van der Waals surface area contributed by atoms with Crippen LogP contribution in [0.25, 0.3) is 77.7 Å². The summed E-state index contributed by atoms with van der Waals surface area (Å²) in [5.74, 6) is 1.47. The molecule has 0 aliphatic rings. The molecular formula is C61H50N5Pt-. The number of para-hydroxylation sites is 4. The summed E-state index contributed by atoms with van der Waals surface area (Å²) in [6.45, 7) is 6.67. The normalized spacial score (nSPS) is 12.4. The summed E-state index contributed by atoms with van der Waals surface area (Å²) in [5.41, 5.74) is 15.6. The van der Waals surface area contributed by atoms with Gasteiger partial charge in [-0.05, 0) is 80.9 Å². The van der Waals surface area contributed by atoms with Gasteiger partial charge in [-0.1, -0.05) is 166 Å². The van der Waals surface area contributed by atoms with E-state index in [-0.39, 0.29) is 21.1 Å². The molecule has 330 valence electrons. The number of hydrogen-bond donors (Lipinski definition) is 0. The summed E-state index contributed by atoms with van der Waals surface area (Å²) in [6, 6.07) is 72.9. The molecule has 0 unspecified atom stereocenters. The third-order valence-corrected chi connectivity index (χ3v) is 12.8. The number of aromatic nitrogens is 4. The maximum Gasteiger partial charge on any atom is 0.188 e. The van der Waals surface area contributed by atoms with Gasteiger partial charge in [0, 0.05) is 72.8 Å². The quantitative estimate of drug-likeness (QED) is 0.128. The van der Waals surface area contributed by atoms with Crippen molar-refractivity contribution in [3.8, 4) is 44.9 Å². The van der Waals surface area contributed by atoms with Crippen molar-refractivity contribution in [3.63, 3.8) is 0 Å². The number of nitrogens with zero attached hydrogens (tertiary/aromatic N) is 5. The molecule has 8 aromatic carbocycles. The van der Waals surface area contributed by atoms with Crippen molar-refractivity contribution < 1.29 is 25.2 Å². The van der Waals surface area contributed by atoms with E-state index < -0.39 is 6.98 Å². The van der Waals surface area contributed by atoms with Crippen molar-refractivity contribution in [2.24, 2.45) is 6.98 Å². The zero-order valence-corrected chi connectivity index (χ0v) is 40.0. The van der Waals surface area contributed by atoms with Crippen LogP contribution >= 0.6 is 0 Å². The fraction of sp³-hybridized carbons (Fsp3) is 0.115. The molecule has 0 radical (unpaired) electrons. The molecule has 0 N–H and O–H groups in total. The SMILES string of the molecule is [2H]C([2H])([2H])n1[cH+]n(-c2[c-]c(N(c3[c-]c4c(cc3)c3ccccc3n4-c3cc(-c4c(C(C)C)cccc4C(C)C)ccn3)c3c(-c4ccccc4)cccc3-c3ccccc3)ccc2)c2ccccc21.[Pt]. The molecule has 11 aromatic rings. The summed E-state index contributed by atoms with van der Waals surface area (Å²) in [4.78, 5) is 7.38. The van der Waals surface area contributed by atoms with E-state index in [2.05, 4.69) is 189 Å². The van der Waals surface area contributed by atoms with Crippen LogP contribution < -0.4 is 4.90 Å². The Morgan fingerprint density at radius 3 is 1.82 bits per heavy atom. The van der Waals surface area contributed by atoms with Crippen LogP contribution in [0, 0.1) is 12.1 Å². The molecule has 0 aliphatic heterocycles. The third-order valence-electron chi connectivity index (χ3n) is 12.8. The van der Waals surface area contributed by atoms with Crippen LogP contribution in [-0.2, 0) is 28.0 Å². The summed E-state index contributed by atoms with van der Waals surface area (Å²) >= 11 is 0. The predicted octanol–water partition coefficient (Wildman–Crippen LogP) is 16.1.